The van der Waals surface area contributed by atoms with Crippen LogP contribution in [0.2, 0.25) is 5.02 Å². The van der Waals surface area contributed by atoms with Crippen molar-refractivity contribution in [1.82, 2.24) is 9.62 Å². The summed E-state index contributed by atoms with van der Waals surface area (Å²) in [5.74, 6) is 1.55. The summed E-state index contributed by atoms with van der Waals surface area (Å²) < 4.78 is 27.8. The monoisotopic (exact) mass is 544 g/mol. The summed E-state index contributed by atoms with van der Waals surface area (Å²) in [7, 11) is -3.38. The van der Waals surface area contributed by atoms with Crippen molar-refractivity contribution in [3.05, 3.63) is 69.2 Å². The standard InChI is InChI=1S/C22H26BrClN2O3S2/c23-20-6-4-17(5-7-20)16-31(28,29)26-11-8-19(9-12-26)22(27)25-10-13-30-15-18-2-1-3-21(24)14-18/h1-7,14,19H,8-13,15-16H2,(H,25,27). The summed E-state index contributed by atoms with van der Waals surface area (Å²) in [6.45, 7) is 1.38. The van der Waals surface area contributed by atoms with Crippen molar-refractivity contribution in [2.45, 2.75) is 24.3 Å². The van der Waals surface area contributed by atoms with E-state index >= 15 is 0 Å². The molecule has 0 bridgehead atoms. The van der Waals surface area contributed by atoms with Crippen LogP contribution < -0.4 is 5.32 Å². The van der Waals surface area contributed by atoms with Crippen LogP contribution in [-0.4, -0.2) is 44.0 Å². The van der Waals surface area contributed by atoms with Crippen LogP contribution >= 0.6 is 39.3 Å². The molecule has 1 fully saturated rings. The molecule has 1 amide bonds. The molecule has 31 heavy (non-hydrogen) atoms. The lowest BCUT2D eigenvalue weighted by molar-refractivity contribution is -0.125. The van der Waals surface area contributed by atoms with Crippen molar-refractivity contribution in [3.63, 3.8) is 0 Å². The molecule has 168 valence electrons. The van der Waals surface area contributed by atoms with Crippen molar-refractivity contribution in [2.24, 2.45) is 5.92 Å². The maximum atomic E-state index is 12.7. The topological polar surface area (TPSA) is 66.5 Å². The van der Waals surface area contributed by atoms with Crippen LogP contribution in [-0.2, 0) is 26.3 Å². The van der Waals surface area contributed by atoms with Crippen molar-refractivity contribution in [2.75, 3.05) is 25.4 Å². The first-order valence-electron chi connectivity index (χ1n) is 10.2. The number of halogens is 2. The molecule has 3 rings (SSSR count). The van der Waals surface area contributed by atoms with Gasteiger partial charge in [-0.05, 0) is 48.2 Å². The second-order valence-corrected chi connectivity index (χ2v) is 12.0. The Morgan fingerprint density at radius 2 is 1.84 bits per heavy atom. The summed E-state index contributed by atoms with van der Waals surface area (Å²) >= 11 is 11.1. The number of rotatable bonds is 9. The highest BCUT2D eigenvalue weighted by Crippen LogP contribution is 2.23. The quantitative estimate of drug-likeness (QED) is 0.464. The number of benzene rings is 2. The molecule has 0 spiro atoms. The minimum absolute atomic E-state index is 0.0129. The Kier molecular flexibility index (Phi) is 9.28. The number of amides is 1. The Labute approximate surface area is 202 Å². The highest BCUT2D eigenvalue weighted by Gasteiger charge is 2.31. The number of nitrogens with one attached hydrogen (secondary N) is 1. The van der Waals surface area contributed by atoms with Gasteiger partial charge in [-0.25, -0.2) is 12.7 Å². The van der Waals surface area contributed by atoms with Gasteiger partial charge in [0.2, 0.25) is 15.9 Å². The van der Waals surface area contributed by atoms with Crippen molar-refractivity contribution < 1.29 is 13.2 Å². The summed E-state index contributed by atoms with van der Waals surface area (Å²) in [5.41, 5.74) is 1.93. The first-order valence-corrected chi connectivity index (χ1v) is 14.1. The lowest BCUT2D eigenvalue weighted by Crippen LogP contribution is -2.43. The van der Waals surface area contributed by atoms with E-state index in [4.69, 9.17) is 11.6 Å². The van der Waals surface area contributed by atoms with Crippen LogP contribution in [0.4, 0.5) is 0 Å². The van der Waals surface area contributed by atoms with E-state index in [9.17, 15) is 13.2 Å². The van der Waals surface area contributed by atoms with Crippen LogP contribution in [0.1, 0.15) is 24.0 Å². The van der Waals surface area contributed by atoms with Crippen molar-refractivity contribution in [1.29, 1.82) is 0 Å². The zero-order valence-electron chi connectivity index (χ0n) is 17.1. The number of nitrogens with zero attached hydrogens (tertiary/aromatic N) is 1. The van der Waals surface area contributed by atoms with E-state index in [2.05, 4.69) is 21.2 Å². The number of thioether (sulfide) groups is 1. The van der Waals surface area contributed by atoms with Gasteiger partial charge in [0.1, 0.15) is 0 Å². The fraction of sp³-hybridized carbons (Fsp3) is 0.409. The summed E-state index contributed by atoms with van der Waals surface area (Å²) in [5, 5.41) is 3.72. The van der Waals surface area contributed by atoms with Gasteiger partial charge >= 0.3 is 0 Å². The lowest BCUT2D eigenvalue weighted by Gasteiger charge is -2.30. The van der Waals surface area contributed by atoms with Gasteiger partial charge in [0.05, 0.1) is 5.75 Å². The predicted molar refractivity (Wildman–Crippen MR) is 132 cm³/mol. The van der Waals surface area contributed by atoms with Gasteiger partial charge in [0.15, 0.2) is 0 Å². The zero-order valence-corrected chi connectivity index (χ0v) is 21.1. The third kappa shape index (κ3) is 7.79. The molecule has 0 unspecified atom stereocenters. The van der Waals surface area contributed by atoms with Gasteiger partial charge in [-0.1, -0.05) is 51.8 Å². The van der Waals surface area contributed by atoms with Gasteiger partial charge in [0, 0.05) is 46.6 Å². The third-order valence-electron chi connectivity index (χ3n) is 5.18. The molecule has 0 radical (unpaired) electrons. The second-order valence-electron chi connectivity index (χ2n) is 7.53. The van der Waals surface area contributed by atoms with E-state index in [1.165, 1.54) is 9.87 Å². The molecule has 9 heteroatoms. The van der Waals surface area contributed by atoms with Gasteiger partial charge in [-0.2, -0.15) is 11.8 Å². The average molecular weight is 546 g/mol. The average Bonchev–Trinajstić information content (AvgIpc) is 2.75. The Bertz CT molecular complexity index is 979. The molecule has 0 saturated carbocycles. The first kappa shape index (κ1) is 24.6. The molecule has 1 N–H and O–H groups in total. The van der Waals surface area contributed by atoms with E-state index < -0.39 is 10.0 Å². The zero-order chi connectivity index (χ0) is 22.3. The van der Waals surface area contributed by atoms with Crippen molar-refractivity contribution >= 4 is 55.2 Å². The molecule has 1 heterocycles. The van der Waals surface area contributed by atoms with Crippen LogP contribution in [0.15, 0.2) is 53.0 Å². The summed E-state index contributed by atoms with van der Waals surface area (Å²) in [4.78, 5) is 12.4. The second kappa shape index (κ2) is 11.7. The lowest BCUT2D eigenvalue weighted by atomic mass is 9.97. The molecule has 0 aromatic heterocycles. The Balaban J connectivity index is 1.36. The Morgan fingerprint density at radius 3 is 2.52 bits per heavy atom. The summed E-state index contributed by atoms with van der Waals surface area (Å²) in [6.07, 6.45) is 1.11. The smallest absolute Gasteiger partial charge is 0.223 e. The first-order chi connectivity index (χ1) is 14.8. The van der Waals surface area contributed by atoms with E-state index in [-0.39, 0.29) is 17.6 Å². The number of carbonyl (C=O) groups is 1. The highest BCUT2D eigenvalue weighted by atomic mass is 79.9. The van der Waals surface area contributed by atoms with Gasteiger partial charge in [-0.15, -0.1) is 0 Å². The maximum Gasteiger partial charge on any atom is 0.223 e. The maximum absolute atomic E-state index is 12.7. The van der Waals surface area contributed by atoms with E-state index in [1.807, 2.05) is 48.5 Å². The number of hydrogen-bond acceptors (Lipinski definition) is 4. The fourth-order valence-electron chi connectivity index (χ4n) is 3.49. The van der Waals surface area contributed by atoms with E-state index in [0.717, 1.165) is 26.6 Å². The molecule has 1 aliphatic heterocycles. The minimum Gasteiger partial charge on any atom is -0.355 e. The van der Waals surface area contributed by atoms with Crippen LogP contribution in [0.25, 0.3) is 0 Å². The highest BCUT2D eigenvalue weighted by molar-refractivity contribution is 9.10. The number of hydrogen-bond donors (Lipinski definition) is 1. The normalized spacial score (nSPS) is 15.7. The summed E-state index contributed by atoms with van der Waals surface area (Å²) in [6, 6.07) is 15.1. The number of carbonyl (C=O) groups excluding carboxylic acids is 1. The Morgan fingerprint density at radius 1 is 1.13 bits per heavy atom. The van der Waals surface area contributed by atoms with Crippen LogP contribution in [0.3, 0.4) is 0 Å². The largest absolute Gasteiger partial charge is 0.355 e. The van der Waals surface area contributed by atoms with Crippen LogP contribution in [0, 0.1) is 5.92 Å². The minimum atomic E-state index is -3.38. The molecule has 2 aromatic carbocycles. The fourth-order valence-corrected chi connectivity index (χ4v) is 6.33. The number of piperidine rings is 1. The van der Waals surface area contributed by atoms with Gasteiger partial charge < -0.3 is 5.32 Å². The van der Waals surface area contributed by atoms with Crippen molar-refractivity contribution in [3.8, 4) is 0 Å². The molecular formula is C22H26BrClN2O3S2. The SMILES string of the molecule is O=C(NCCSCc1cccc(Cl)c1)C1CCN(S(=O)(=O)Cc2ccc(Br)cc2)CC1. The molecule has 1 saturated heterocycles. The number of sulfonamides is 1. The molecule has 5 nitrogen and oxygen atoms in total. The third-order valence-corrected chi connectivity index (χ3v) is 8.83. The molecule has 2 aromatic rings. The Hall–Kier alpha value is -1.06. The van der Waals surface area contributed by atoms with Gasteiger partial charge in [0.25, 0.3) is 0 Å². The van der Waals surface area contributed by atoms with Crippen LogP contribution in [0.5, 0.6) is 0 Å². The molecule has 1 aliphatic rings. The predicted octanol–water partition coefficient (Wildman–Crippen LogP) is 4.69. The van der Waals surface area contributed by atoms with E-state index in [0.29, 0.717) is 32.5 Å². The molecule has 0 aliphatic carbocycles. The molecule has 0 atom stereocenters. The van der Waals surface area contributed by atoms with E-state index in [1.54, 1.807) is 11.8 Å². The van der Waals surface area contributed by atoms with Gasteiger partial charge in [-0.3, -0.25) is 4.79 Å². The molecular weight excluding hydrogens is 520 g/mol.